The number of aromatic nitrogens is 3. The maximum absolute atomic E-state index is 5.13. The zero-order chi connectivity index (χ0) is 32.1. The fraction of sp³-hybridized carbons (Fsp3) is 0. The molecule has 0 aliphatic heterocycles. The van der Waals surface area contributed by atoms with Crippen molar-refractivity contribution in [1.29, 1.82) is 0 Å². The summed E-state index contributed by atoms with van der Waals surface area (Å²) < 4.78 is 0. The molecular weight excluding hydrogens is 583 g/mol. The molecule has 8 aromatic rings. The predicted octanol–water partition coefficient (Wildman–Crippen LogP) is 11.5. The second-order valence-electron chi connectivity index (χ2n) is 11.7. The second kappa shape index (κ2) is 13.1. The van der Waals surface area contributed by atoms with Crippen LogP contribution in [0, 0.1) is 0 Å². The summed E-state index contributed by atoms with van der Waals surface area (Å²) in [7, 11) is 0. The molecule has 48 heavy (non-hydrogen) atoms. The van der Waals surface area contributed by atoms with Gasteiger partial charge < -0.3 is 0 Å². The predicted molar refractivity (Wildman–Crippen MR) is 198 cm³/mol. The van der Waals surface area contributed by atoms with Crippen LogP contribution in [0.15, 0.2) is 188 Å². The van der Waals surface area contributed by atoms with Crippen molar-refractivity contribution in [1.82, 2.24) is 15.0 Å². The van der Waals surface area contributed by atoms with Crippen molar-refractivity contribution < 1.29 is 0 Å². The van der Waals surface area contributed by atoms with Crippen molar-refractivity contribution in [2.75, 3.05) is 0 Å². The molecule has 3 nitrogen and oxygen atoms in total. The largest absolute Gasteiger partial charge is 0.208 e. The molecule has 3 heteroatoms. The molecule has 0 bridgehead atoms. The average Bonchev–Trinajstić information content (AvgIpc) is 3.19. The van der Waals surface area contributed by atoms with Gasteiger partial charge in [-0.2, -0.15) is 0 Å². The Morgan fingerprint density at radius 2 is 0.521 bits per heavy atom. The Morgan fingerprint density at radius 3 is 0.958 bits per heavy atom. The van der Waals surface area contributed by atoms with E-state index in [2.05, 4.69) is 164 Å². The molecule has 1 heterocycles. The molecule has 7 aromatic carbocycles. The molecule has 0 spiro atoms. The van der Waals surface area contributed by atoms with Crippen LogP contribution in [0.5, 0.6) is 0 Å². The molecule has 0 aliphatic rings. The van der Waals surface area contributed by atoms with Crippen molar-refractivity contribution in [2.24, 2.45) is 0 Å². The first kappa shape index (κ1) is 29.0. The molecule has 0 atom stereocenters. The van der Waals surface area contributed by atoms with Crippen LogP contribution < -0.4 is 0 Å². The molecule has 0 amide bonds. The second-order valence-corrected chi connectivity index (χ2v) is 11.7. The van der Waals surface area contributed by atoms with Gasteiger partial charge in [0.15, 0.2) is 17.5 Å². The first-order chi connectivity index (χ1) is 23.8. The number of benzene rings is 7. The van der Waals surface area contributed by atoms with Gasteiger partial charge in [-0.05, 0) is 56.6 Å². The Hall–Kier alpha value is -6.45. The van der Waals surface area contributed by atoms with E-state index in [0.717, 1.165) is 50.1 Å². The summed E-state index contributed by atoms with van der Waals surface area (Å²) >= 11 is 0. The van der Waals surface area contributed by atoms with E-state index in [0.29, 0.717) is 17.5 Å². The van der Waals surface area contributed by atoms with Crippen molar-refractivity contribution >= 4 is 0 Å². The van der Waals surface area contributed by atoms with Crippen molar-refractivity contribution in [3.63, 3.8) is 0 Å². The Bertz CT molecular complexity index is 2180. The van der Waals surface area contributed by atoms with Gasteiger partial charge in [0.2, 0.25) is 0 Å². The van der Waals surface area contributed by atoms with Crippen LogP contribution >= 0.6 is 0 Å². The quantitative estimate of drug-likeness (QED) is 0.179. The minimum atomic E-state index is 0.632. The van der Waals surface area contributed by atoms with E-state index >= 15 is 0 Å². The third-order valence-corrected chi connectivity index (χ3v) is 8.59. The topological polar surface area (TPSA) is 38.7 Å². The SMILES string of the molecule is c1ccc(-c2ccc(-c3nc(-c4ccc(-c5ccccc5)cc4)nc(-c4ccc(-c5ccccc5)cc4-c4ccccc4)n3)cc2)cc1. The Kier molecular flexibility index (Phi) is 7.92. The number of rotatable bonds is 7. The van der Waals surface area contributed by atoms with E-state index in [9.17, 15) is 0 Å². The van der Waals surface area contributed by atoms with Gasteiger partial charge in [0.05, 0.1) is 0 Å². The van der Waals surface area contributed by atoms with Gasteiger partial charge in [-0.1, -0.05) is 176 Å². The number of hydrogen-bond donors (Lipinski definition) is 0. The van der Waals surface area contributed by atoms with Crippen LogP contribution in [0.1, 0.15) is 0 Å². The van der Waals surface area contributed by atoms with E-state index in [4.69, 9.17) is 15.0 Å². The van der Waals surface area contributed by atoms with E-state index in [1.165, 1.54) is 11.1 Å². The van der Waals surface area contributed by atoms with E-state index in [-0.39, 0.29) is 0 Å². The van der Waals surface area contributed by atoms with Crippen LogP contribution in [-0.4, -0.2) is 15.0 Å². The molecule has 0 radical (unpaired) electrons. The Morgan fingerprint density at radius 1 is 0.208 bits per heavy atom. The molecule has 1 aromatic heterocycles. The molecular formula is C45H31N3. The number of hydrogen-bond acceptors (Lipinski definition) is 3. The summed E-state index contributed by atoms with van der Waals surface area (Å²) in [6.45, 7) is 0. The molecule has 8 rings (SSSR count). The molecule has 0 aliphatic carbocycles. The first-order valence-electron chi connectivity index (χ1n) is 16.1. The standard InChI is InChI=1S/C45H31N3/c1-5-13-32(14-6-1)35-21-25-38(26-22-35)43-46-44(39-27-23-36(24-28-39)33-15-7-2-8-16-33)48-45(47-43)41-30-29-40(34-17-9-3-10-18-34)31-42(41)37-19-11-4-12-20-37/h1-31H. The summed E-state index contributed by atoms with van der Waals surface area (Å²) in [4.78, 5) is 15.3. The van der Waals surface area contributed by atoms with Gasteiger partial charge in [0.1, 0.15) is 0 Å². The fourth-order valence-electron chi connectivity index (χ4n) is 6.05. The van der Waals surface area contributed by atoms with Crippen LogP contribution in [0.4, 0.5) is 0 Å². The smallest absolute Gasteiger partial charge is 0.164 e. The summed E-state index contributed by atoms with van der Waals surface area (Å²) in [6.07, 6.45) is 0. The van der Waals surface area contributed by atoms with Crippen LogP contribution in [0.2, 0.25) is 0 Å². The third kappa shape index (κ3) is 6.05. The zero-order valence-electron chi connectivity index (χ0n) is 26.2. The molecule has 226 valence electrons. The highest BCUT2D eigenvalue weighted by molar-refractivity contribution is 5.86. The van der Waals surface area contributed by atoms with Crippen LogP contribution in [-0.2, 0) is 0 Å². The minimum absolute atomic E-state index is 0.632. The highest BCUT2D eigenvalue weighted by Crippen LogP contribution is 2.36. The van der Waals surface area contributed by atoms with Gasteiger partial charge in [-0.3, -0.25) is 0 Å². The van der Waals surface area contributed by atoms with Crippen LogP contribution in [0.25, 0.3) is 78.7 Å². The normalized spacial score (nSPS) is 10.9. The van der Waals surface area contributed by atoms with Gasteiger partial charge >= 0.3 is 0 Å². The zero-order valence-corrected chi connectivity index (χ0v) is 26.2. The average molecular weight is 614 g/mol. The van der Waals surface area contributed by atoms with Gasteiger partial charge in [-0.15, -0.1) is 0 Å². The molecule has 0 fully saturated rings. The first-order valence-corrected chi connectivity index (χ1v) is 16.1. The lowest BCUT2D eigenvalue weighted by atomic mass is 9.94. The lowest BCUT2D eigenvalue weighted by Gasteiger charge is -2.14. The maximum Gasteiger partial charge on any atom is 0.164 e. The Balaban J connectivity index is 1.28. The minimum Gasteiger partial charge on any atom is -0.208 e. The third-order valence-electron chi connectivity index (χ3n) is 8.59. The van der Waals surface area contributed by atoms with Gasteiger partial charge in [0, 0.05) is 16.7 Å². The molecule has 0 unspecified atom stereocenters. The highest BCUT2D eigenvalue weighted by atomic mass is 15.0. The maximum atomic E-state index is 5.13. The lowest BCUT2D eigenvalue weighted by Crippen LogP contribution is -2.01. The Labute approximate surface area is 280 Å². The highest BCUT2D eigenvalue weighted by Gasteiger charge is 2.17. The van der Waals surface area contributed by atoms with E-state index in [1.54, 1.807) is 0 Å². The molecule has 0 saturated carbocycles. The van der Waals surface area contributed by atoms with E-state index in [1.807, 2.05) is 24.3 Å². The molecule has 0 saturated heterocycles. The van der Waals surface area contributed by atoms with Crippen LogP contribution in [0.3, 0.4) is 0 Å². The van der Waals surface area contributed by atoms with Gasteiger partial charge in [0.25, 0.3) is 0 Å². The summed E-state index contributed by atoms with van der Waals surface area (Å²) in [6, 6.07) is 65.2. The van der Waals surface area contributed by atoms with Crippen molar-refractivity contribution in [3.8, 4) is 78.7 Å². The molecule has 0 N–H and O–H groups in total. The fourth-order valence-corrected chi connectivity index (χ4v) is 6.05. The van der Waals surface area contributed by atoms with E-state index < -0.39 is 0 Å². The van der Waals surface area contributed by atoms with Crippen molar-refractivity contribution in [2.45, 2.75) is 0 Å². The van der Waals surface area contributed by atoms with Crippen molar-refractivity contribution in [3.05, 3.63) is 188 Å². The number of nitrogens with zero attached hydrogens (tertiary/aromatic N) is 3. The lowest BCUT2D eigenvalue weighted by molar-refractivity contribution is 1.07. The summed E-state index contributed by atoms with van der Waals surface area (Å²) in [5.41, 5.74) is 11.9. The monoisotopic (exact) mass is 613 g/mol. The summed E-state index contributed by atoms with van der Waals surface area (Å²) in [5, 5.41) is 0. The summed E-state index contributed by atoms with van der Waals surface area (Å²) in [5.74, 6) is 1.90. The van der Waals surface area contributed by atoms with Gasteiger partial charge in [-0.25, -0.2) is 15.0 Å².